The number of rotatable bonds is 2. The second-order valence-corrected chi connectivity index (χ2v) is 3.58. The van der Waals surface area contributed by atoms with Crippen LogP contribution in [0.5, 0.6) is 0 Å². The van der Waals surface area contributed by atoms with Gasteiger partial charge < -0.3 is 10.3 Å². The molecule has 2 heteroatoms. The van der Waals surface area contributed by atoms with Gasteiger partial charge in [-0.15, -0.1) is 0 Å². The van der Waals surface area contributed by atoms with Gasteiger partial charge in [0.15, 0.2) is 0 Å². The summed E-state index contributed by atoms with van der Waals surface area (Å²) in [4.78, 5) is 3.17. The van der Waals surface area contributed by atoms with Gasteiger partial charge in [-0.2, -0.15) is 0 Å². The molecule has 2 nitrogen and oxygen atoms in total. The number of hydrogen-bond acceptors (Lipinski definition) is 1. The molecule has 1 aromatic carbocycles. The number of hydrogen-bond donors (Lipinski definition) is 2. The zero-order valence-electron chi connectivity index (χ0n) is 9.96. The summed E-state index contributed by atoms with van der Waals surface area (Å²) < 4.78 is 0. The Morgan fingerprint density at radius 3 is 2.53 bits per heavy atom. The van der Waals surface area contributed by atoms with Crippen LogP contribution in [0.2, 0.25) is 0 Å². The number of H-pyrrole nitrogens is 1. The molecule has 2 rings (SSSR count). The molecule has 0 saturated carbocycles. The Morgan fingerprint density at radius 2 is 1.87 bits per heavy atom. The largest absolute Gasteiger partial charge is 0.383 e. The first-order chi connectivity index (χ1) is 7.25. The van der Waals surface area contributed by atoms with Gasteiger partial charge >= 0.3 is 0 Å². The summed E-state index contributed by atoms with van der Waals surface area (Å²) in [6, 6.07) is 8.92. The quantitative estimate of drug-likeness (QED) is 0.760. The molecule has 0 saturated heterocycles. The van der Waals surface area contributed by atoms with Crippen molar-refractivity contribution in [1.82, 2.24) is 4.98 Å². The molecule has 0 spiro atoms. The second kappa shape index (κ2) is 5.44. The number of fused-ring (bicyclic) bond motifs is 1. The van der Waals surface area contributed by atoms with Crippen molar-refractivity contribution in [2.75, 3.05) is 5.32 Å². The van der Waals surface area contributed by atoms with Crippen LogP contribution in [0.3, 0.4) is 0 Å². The molecule has 0 unspecified atom stereocenters. The van der Waals surface area contributed by atoms with E-state index >= 15 is 0 Å². The van der Waals surface area contributed by atoms with Crippen molar-refractivity contribution in [3.63, 3.8) is 0 Å². The standard InChI is InChI=1S/C11H14N2.C2H6/c1-8(2)13-10-3-4-11-9(7-10)5-6-12-11;1-2/h3-8,12-13H,1-2H3;1-2H3. The Hall–Kier alpha value is -1.44. The van der Waals surface area contributed by atoms with E-state index in [2.05, 4.69) is 48.4 Å². The Balaban J connectivity index is 0.000000531. The average Bonchev–Trinajstić information content (AvgIpc) is 2.67. The predicted molar refractivity (Wildman–Crippen MR) is 68.4 cm³/mol. The van der Waals surface area contributed by atoms with Crippen LogP contribution < -0.4 is 5.32 Å². The first kappa shape index (κ1) is 11.6. The predicted octanol–water partition coefficient (Wildman–Crippen LogP) is 4.01. The highest BCUT2D eigenvalue weighted by atomic mass is 14.9. The van der Waals surface area contributed by atoms with Crippen molar-refractivity contribution in [3.8, 4) is 0 Å². The fourth-order valence-corrected chi connectivity index (χ4v) is 1.48. The molecule has 0 radical (unpaired) electrons. The van der Waals surface area contributed by atoms with E-state index in [4.69, 9.17) is 0 Å². The third kappa shape index (κ3) is 3.01. The van der Waals surface area contributed by atoms with Crippen LogP contribution in [0.1, 0.15) is 27.7 Å². The maximum absolute atomic E-state index is 3.37. The van der Waals surface area contributed by atoms with E-state index in [1.165, 1.54) is 16.6 Å². The van der Waals surface area contributed by atoms with Crippen molar-refractivity contribution in [2.24, 2.45) is 0 Å². The molecule has 2 N–H and O–H groups in total. The summed E-state index contributed by atoms with van der Waals surface area (Å²) in [6.45, 7) is 8.28. The molecular weight excluding hydrogens is 184 g/mol. The van der Waals surface area contributed by atoms with Crippen molar-refractivity contribution < 1.29 is 0 Å². The highest BCUT2D eigenvalue weighted by molar-refractivity contribution is 5.82. The molecule has 15 heavy (non-hydrogen) atoms. The SMILES string of the molecule is CC.CC(C)Nc1ccc2[nH]ccc2c1. The molecule has 82 valence electrons. The molecule has 0 aliphatic rings. The van der Waals surface area contributed by atoms with Crippen molar-refractivity contribution >= 4 is 16.6 Å². The van der Waals surface area contributed by atoms with Crippen LogP contribution >= 0.6 is 0 Å². The van der Waals surface area contributed by atoms with Crippen LogP contribution in [-0.4, -0.2) is 11.0 Å². The Kier molecular flexibility index (Phi) is 4.22. The van der Waals surface area contributed by atoms with E-state index in [0.717, 1.165) is 0 Å². The van der Waals surface area contributed by atoms with E-state index in [1.54, 1.807) is 0 Å². The van der Waals surface area contributed by atoms with E-state index in [9.17, 15) is 0 Å². The van der Waals surface area contributed by atoms with Gasteiger partial charge in [-0.05, 0) is 38.1 Å². The third-order valence-electron chi connectivity index (χ3n) is 2.01. The van der Waals surface area contributed by atoms with Crippen LogP contribution in [0.4, 0.5) is 5.69 Å². The normalized spacial score (nSPS) is 9.93. The lowest BCUT2D eigenvalue weighted by Crippen LogP contribution is -2.09. The lowest BCUT2D eigenvalue weighted by molar-refractivity contribution is 0.900. The summed E-state index contributed by atoms with van der Waals surface area (Å²) in [6.07, 6.45) is 1.96. The number of aromatic amines is 1. The van der Waals surface area contributed by atoms with E-state index in [1.807, 2.05) is 20.0 Å². The molecule has 2 aromatic rings. The molecule has 1 aromatic heterocycles. The van der Waals surface area contributed by atoms with E-state index in [0.29, 0.717) is 6.04 Å². The molecular formula is C13H20N2. The lowest BCUT2D eigenvalue weighted by atomic mass is 10.2. The molecule has 1 heterocycles. The zero-order chi connectivity index (χ0) is 11.3. The van der Waals surface area contributed by atoms with Crippen LogP contribution in [-0.2, 0) is 0 Å². The topological polar surface area (TPSA) is 27.8 Å². The van der Waals surface area contributed by atoms with Gasteiger partial charge in [-0.3, -0.25) is 0 Å². The summed E-state index contributed by atoms with van der Waals surface area (Å²) in [5.74, 6) is 0. The molecule has 0 fully saturated rings. The van der Waals surface area contributed by atoms with Gasteiger partial charge in [-0.1, -0.05) is 13.8 Å². The fourth-order valence-electron chi connectivity index (χ4n) is 1.48. The van der Waals surface area contributed by atoms with Gasteiger partial charge in [0.05, 0.1) is 0 Å². The number of benzene rings is 1. The van der Waals surface area contributed by atoms with Crippen molar-refractivity contribution in [2.45, 2.75) is 33.7 Å². The van der Waals surface area contributed by atoms with Gasteiger partial charge in [0.2, 0.25) is 0 Å². The van der Waals surface area contributed by atoms with Gasteiger partial charge in [-0.25, -0.2) is 0 Å². The summed E-state index contributed by atoms with van der Waals surface area (Å²) in [5.41, 5.74) is 2.37. The maximum atomic E-state index is 3.37. The van der Waals surface area contributed by atoms with Crippen molar-refractivity contribution in [1.29, 1.82) is 0 Å². The number of aromatic nitrogens is 1. The van der Waals surface area contributed by atoms with E-state index in [-0.39, 0.29) is 0 Å². The first-order valence-corrected chi connectivity index (χ1v) is 5.59. The summed E-state index contributed by atoms with van der Waals surface area (Å²) in [5, 5.41) is 4.63. The summed E-state index contributed by atoms with van der Waals surface area (Å²) in [7, 11) is 0. The van der Waals surface area contributed by atoms with Crippen LogP contribution in [0.15, 0.2) is 30.5 Å². The Labute approximate surface area is 91.7 Å². The highest BCUT2D eigenvalue weighted by Crippen LogP contribution is 2.18. The molecule has 0 aliphatic carbocycles. The Bertz CT molecular complexity index is 402. The van der Waals surface area contributed by atoms with Gasteiger partial charge in [0, 0.05) is 28.8 Å². The van der Waals surface area contributed by atoms with Crippen LogP contribution in [0, 0.1) is 0 Å². The molecule has 0 amide bonds. The first-order valence-electron chi connectivity index (χ1n) is 5.59. The molecule has 0 aliphatic heterocycles. The Morgan fingerprint density at radius 1 is 1.13 bits per heavy atom. The summed E-state index contributed by atoms with van der Waals surface area (Å²) >= 11 is 0. The van der Waals surface area contributed by atoms with E-state index < -0.39 is 0 Å². The van der Waals surface area contributed by atoms with Crippen molar-refractivity contribution in [3.05, 3.63) is 30.5 Å². The number of anilines is 1. The molecule has 0 bridgehead atoms. The fraction of sp³-hybridized carbons (Fsp3) is 0.385. The lowest BCUT2D eigenvalue weighted by Gasteiger charge is -2.09. The smallest absolute Gasteiger partial charge is 0.0455 e. The highest BCUT2D eigenvalue weighted by Gasteiger charge is 1.97. The zero-order valence-corrected chi connectivity index (χ0v) is 9.96. The monoisotopic (exact) mass is 204 g/mol. The number of nitrogens with one attached hydrogen (secondary N) is 2. The minimum Gasteiger partial charge on any atom is -0.383 e. The third-order valence-corrected chi connectivity index (χ3v) is 2.01. The van der Waals surface area contributed by atoms with Gasteiger partial charge in [0.25, 0.3) is 0 Å². The minimum atomic E-state index is 0.483. The van der Waals surface area contributed by atoms with Gasteiger partial charge in [0.1, 0.15) is 0 Å². The average molecular weight is 204 g/mol. The minimum absolute atomic E-state index is 0.483. The van der Waals surface area contributed by atoms with Crippen LogP contribution in [0.25, 0.3) is 10.9 Å². The second-order valence-electron chi connectivity index (χ2n) is 3.58. The molecule has 0 atom stereocenters. The maximum Gasteiger partial charge on any atom is 0.0455 e.